The molecule has 1 aromatic carbocycles. The Labute approximate surface area is 136 Å². The molecule has 0 saturated heterocycles. The quantitative estimate of drug-likeness (QED) is 0.426. The van der Waals surface area contributed by atoms with Crippen molar-refractivity contribution in [1.82, 2.24) is 9.55 Å². The van der Waals surface area contributed by atoms with Crippen LogP contribution in [0.5, 0.6) is 5.75 Å². The molecule has 3 rings (SSSR count). The molecule has 0 fully saturated rings. The molecular formula is C16H13N5O3. The highest BCUT2D eigenvalue weighted by Gasteiger charge is 2.04. The predicted octanol–water partition coefficient (Wildman–Crippen LogP) is 2.93. The molecule has 3 aromatic rings. The van der Waals surface area contributed by atoms with Gasteiger partial charge in [0.2, 0.25) is 0 Å². The van der Waals surface area contributed by atoms with Gasteiger partial charge in [-0.3, -0.25) is 15.5 Å². The number of phenolic OH excluding ortho intramolecular Hbond substituents is 1. The lowest BCUT2D eigenvalue weighted by atomic mass is 10.3. The third-order valence-corrected chi connectivity index (χ3v) is 3.24. The number of hydrogen-bond donors (Lipinski definition) is 2. The Hall–Kier alpha value is -3.68. The van der Waals surface area contributed by atoms with E-state index in [0.29, 0.717) is 5.82 Å². The van der Waals surface area contributed by atoms with E-state index in [0.717, 1.165) is 17.6 Å². The van der Waals surface area contributed by atoms with Gasteiger partial charge in [0.05, 0.1) is 16.8 Å². The number of aromatic nitrogens is 2. The smallest absolute Gasteiger partial charge is 0.287 e. The number of rotatable bonds is 5. The molecule has 0 aliphatic heterocycles. The minimum absolute atomic E-state index is 0.0780. The van der Waals surface area contributed by atoms with Crippen LogP contribution in [0.1, 0.15) is 5.69 Å². The van der Waals surface area contributed by atoms with Crippen molar-refractivity contribution in [2.24, 2.45) is 5.10 Å². The SMILES string of the molecule is O=[N+]([O-])c1ccc(N/N=C/c2cccn2-c2ccc(O)cc2)nc1. The lowest BCUT2D eigenvalue weighted by Crippen LogP contribution is -2.00. The van der Waals surface area contributed by atoms with Gasteiger partial charge in [-0.25, -0.2) is 4.98 Å². The summed E-state index contributed by atoms with van der Waals surface area (Å²) in [4.78, 5) is 14.0. The van der Waals surface area contributed by atoms with Crippen LogP contribution < -0.4 is 5.43 Å². The van der Waals surface area contributed by atoms with Crippen molar-refractivity contribution in [3.63, 3.8) is 0 Å². The van der Waals surface area contributed by atoms with Gasteiger partial charge in [-0.05, 0) is 42.5 Å². The van der Waals surface area contributed by atoms with E-state index in [1.54, 1.807) is 30.5 Å². The standard InChI is InChI=1S/C16H13N5O3/c22-15-6-3-12(4-7-15)20-9-1-2-13(20)11-18-19-16-8-5-14(10-17-16)21(23)24/h1-11,22H,(H,17,19)/b18-11+. The summed E-state index contributed by atoms with van der Waals surface area (Å²) in [7, 11) is 0. The van der Waals surface area contributed by atoms with Crippen molar-refractivity contribution in [2.45, 2.75) is 0 Å². The zero-order valence-corrected chi connectivity index (χ0v) is 12.4. The van der Waals surface area contributed by atoms with Gasteiger partial charge < -0.3 is 9.67 Å². The van der Waals surface area contributed by atoms with Crippen LogP contribution >= 0.6 is 0 Å². The van der Waals surface area contributed by atoms with Crippen molar-refractivity contribution >= 4 is 17.7 Å². The summed E-state index contributed by atoms with van der Waals surface area (Å²) in [5.74, 6) is 0.603. The molecule has 0 atom stereocenters. The van der Waals surface area contributed by atoms with Gasteiger partial charge >= 0.3 is 0 Å². The van der Waals surface area contributed by atoms with E-state index < -0.39 is 4.92 Å². The van der Waals surface area contributed by atoms with Crippen molar-refractivity contribution < 1.29 is 10.0 Å². The fourth-order valence-electron chi connectivity index (χ4n) is 2.07. The van der Waals surface area contributed by atoms with Gasteiger partial charge in [0.25, 0.3) is 5.69 Å². The Kier molecular flexibility index (Phi) is 4.19. The van der Waals surface area contributed by atoms with E-state index in [-0.39, 0.29) is 11.4 Å². The van der Waals surface area contributed by atoms with Gasteiger partial charge in [-0.2, -0.15) is 5.10 Å². The Bertz CT molecular complexity index is 869. The third kappa shape index (κ3) is 3.38. The molecule has 8 nitrogen and oxygen atoms in total. The van der Waals surface area contributed by atoms with E-state index in [1.165, 1.54) is 12.1 Å². The van der Waals surface area contributed by atoms with Crippen LogP contribution in [0.4, 0.5) is 11.5 Å². The van der Waals surface area contributed by atoms with Crippen molar-refractivity contribution in [3.05, 3.63) is 76.7 Å². The zero-order valence-electron chi connectivity index (χ0n) is 12.4. The molecule has 2 N–H and O–H groups in total. The van der Waals surface area contributed by atoms with Gasteiger partial charge in [-0.1, -0.05) is 0 Å². The molecule has 0 saturated carbocycles. The number of benzene rings is 1. The second-order valence-electron chi connectivity index (χ2n) is 4.85. The molecule has 2 aromatic heterocycles. The summed E-state index contributed by atoms with van der Waals surface area (Å²) >= 11 is 0. The van der Waals surface area contributed by atoms with E-state index in [9.17, 15) is 15.2 Å². The molecule has 0 amide bonds. The minimum Gasteiger partial charge on any atom is -0.508 e. The Morgan fingerprint density at radius 3 is 2.67 bits per heavy atom. The number of aromatic hydroxyl groups is 1. The number of hydrazone groups is 1. The fourth-order valence-corrected chi connectivity index (χ4v) is 2.07. The Morgan fingerprint density at radius 2 is 2.00 bits per heavy atom. The first-order chi connectivity index (χ1) is 11.6. The highest BCUT2D eigenvalue weighted by atomic mass is 16.6. The average Bonchev–Trinajstić information content (AvgIpc) is 3.04. The van der Waals surface area contributed by atoms with Crippen molar-refractivity contribution in [3.8, 4) is 11.4 Å². The third-order valence-electron chi connectivity index (χ3n) is 3.24. The van der Waals surface area contributed by atoms with Gasteiger partial charge in [-0.15, -0.1) is 0 Å². The molecule has 0 aliphatic rings. The molecule has 2 heterocycles. The minimum atomic E-state index is -0.509. The maximum absolute atomic E-state index is 10.6. The van der Waals surface area contributed by atoms with E-state index in [1.807, 2.05) is 22.9 Å². The number of nitrogens with one attached hydrogen (secondary N) is 1. The number of anilines is 1. The molecule has 0 radical (unpaired) electrons. The van der Waals surface area contributed by atoms with E-state index in [2.05, 4.69) is 15.5 Å². The summed E-state index contributed by atoms with van der Waals surface area (Å²) in [5.41, 5.74) is 4.34. The Balaban J connectivity index is 1.72. The average molecular weight is 323 g/mol. The number of nitro groups is 1. The van der Waals surface area contributed by atoms with Crippen LogP contribution in [0, 0.1) is 10.1 Å². The summed E-state index contributed by atoms with van der Waals surface area (Å²) in [6.07, 6.45) is 4.64. The zero-order chi connectivity index (χ0) is 16.9. The van der Waals surface area contributed by atoms with Crippen molar-refractivity contribution in [2.75, 3.05) is 5.43 Å². The first-order valence-electron chi connectivity index (χ1n) is 7.00. The van der Waals surface area contributed by atoms with Gasteiger partial charge in [0, 0.05) is 18.0 Å². The van der Waals surface area contributed by atoms with Crippen LogP contribution in [-0.4, -0.2) is 25.8 Å². The highest BCUT2D eigenvalue weighted by Crippen LogP contribution is 2.16. The van der Waals surface area contributed by atoms with Gasteiger partial charge in [0.15, 0.2) is 0 Å². The summed E-state index contributed by atoms with van der Waals surface area (Å²) in [6.45, 7) is 0. The van der Waals surface area contributed by atoms with Crippen LogP contribution in [0.25, 0.3) is 5.69 Å². The molecule has 0 unspecified atom stereocenters. The summed E-state index contributed by atoms with van der Waals surface area (Å²) in [5, 5.41) is 24.0. The molecule has 0 aliphatic carbocycles. The molecule has 8 heteroatoms. The molecule has 0 spiro atoms. The largest absolute Gasteiger partial charge is 0.508 e. The van der Waals surface area contributed by atoms with E-state index >= 15 is 0 Å². The Morgan fingerprint density at radius 1 is 1.21 bits per heavy atom. The van der Waals surface area contributed by atoms with Crippen molar-refractivity contribution in [1.29, 1.82) is 0 Å². The molecule has 24 heavy (non-hydrogen) atoms. The first kappa shape index (κ1) is 15.2. The maximum Gasteiger partial charge on any atom is 0.287 e. The number of phenols is 1. The number of pyridine rings is 1. The van der Waals surface area contributed by atoms with E-state index in [4.69, 9.17) is 0 Å². The van der Waals surface area contributed by atoms with Gasteiger partial charge in [0.1, 0.15) is 17.8 Å². The van der Waals surface area contributed by atoms with Crippen LogP contribution in [0.15, 0.2) is 66.0 Å². The number of nitrogens with zero attached hydrogens (tertiary/aromatic N) is 4. The first-order valence-corrected chi connectivity index (χ1v) is 7.00. The van der Waals surface area contributed by atoms with Crippen LogP contribution in [0.3, 0.4) is 0 Å². The maximum atomic E-state index is 10.6. The molecule has 0 bridgehead atoms. The lowest BCUT2D eigenvalue weighted by Gasteiger charge is -2.06. The fraction of sp³-hybridized carbons (Fsp3) is 0. The predicted molar refractivity (Wildman–Crippen MR) is 89.5 cm³/mol. The van der Waals surface area contributed by atoms with Crippen LogP contribution in [-0.2, 0) is 0 Å². The second kappa shape index (κ2) is 6.61. The lowest BCUT2D eigenvalue weighted by molar-refractivity contribution is -0.385. The normalized spacial score (nSPS) is 10.8. The molecular weight excluding hydrogens is 310 g/mol. The monoisotopic (exact) mass is 323 g/mol. The topological polar surface area (TPSA) is 106 Å². The summed E-state index contributed by atoms with van der Waals surface area (Å²) < 4.78 is 1.90. The molecule has 120 valence electrons. The number of hydrogen-bond acceptors (Lipinski definition) is 6. The highest BCUT2D eigenvalue weighted by molar-refractivity contribution is 5.79. The second-order valence-corrected chi connectivity index (χ2v) is 4.85. The van der Waals surface area contributed by atoms with Crippen LogP contribution in [0.2, 0.25) is 0 Å². The summed E-state index contributed by atoms with van der Waals surface area (Å²) in [6, 6.07) is 13.4.